The van der Waals surface area contributed by atoms with Crippen molar-refractivity contribution in [3.63, 3.8) is 0 Å². The van der Waals surface area contributed by atoms with Crippen molar-refractivity contribution in [2.75, 3.05) is 14.2 Å². The van der Waals surface area contributed by atoms with Crippen molar-refractivity contribution in [3.05, 3.63) is 34.6 Å². The van der Waals surface area contributed by atoms with Crippen molar-refractivity contribution >= 4 is 27.9 Å². The fourth-order valence-electron chi connectivity index (χ4n) is 0.882. The van der Waals surface area contributed by atoms with Crippen molar-refractivity contribution in [1.29, 1.82) is 0 Å². The van der Waals surface area contributed by atoms with E-state index in [-0.39, 0.29) is 5.91 Å². The fourth-order valence-corrected chi connectivity index (χ4v) is 1.26. The molecule has 15 heavy (non-hydrogen) atoms. The van der Waals surface area contributed by atoms with Crippen molar-refractivity contribution in [1.82, 2.24) is 10.0 Å². The summed E-state index contributed by atoms with van der Waals surface area (Å²) in [6.45, 7) is 0. The Morgan fingerprint density at radius 1 is 1.60 bits per heavy atom. The van der Waals surface area contributed by atoms with Gasteiger partial charge in [-0.25, -0.2) is 5.06 Å². The van der Waals surface area contributed by atoms with E-state index < -0.39 is 0 Å². The molecule has 80 valence electrons. The van der Waals surface area contributed by atoms with Crippen LogP contribution >= 0.6 is 15.9 Å². The van der Waals surface area contributed by atoms with Gasteiger partial charge in [-0.05, 0) is 33.6 Å². The van der Waals surface area contributed by atoms with Crippen LogP contribution in [0.4, 0.5) is 0 Å². The van der Waals surface area contributed by atoms with Gasteiger partial charge in [-0.3, -0.25) is 14.6 Å². The first-order valence-corrected chi connectivity index (χ1v) is 5.03. The van der Waals surface area contributed by atoms with E-state index >= 15 is 0 Å². The van der Waals surface area contributed by atoms with E-state index in [9.17, 15) is 4.79 Å². The van der Waals surface area contributed by atoms with Crippen LogP contribution in [0.5, 0.6) is 0 Å². The molecular weight excluding hydrogens is 260 g/mol. The Morgan fingerprint density at radius 3 is 2.93 bits per heavy atom. The molecule has 0 atom stereocenters. The van der Waals surface area contributed by atoms with Gasteiger partial charge in [0.05, 0.1) is 7.11 Å². The summed E-state index contributed by atoms with van der Waals surface area (Å²) < 4.78 is 0.872. The van der Waals surface area contributed by atoms with Crippen LogP contribution in [0.3, 0.4) is 0 Å². The lowest BCUT2D eigenvalue weighted by atomic mass is 10.2. The van der Waals surface area contributed by atoms with Gasteiger partial charge >= 0.3 is 0 Å². The molecule has 1 heterocycles. The van der Waals surface area contributed by atoms with Crippen LogP contribution in [0.2, 0.25) is 0 Å². The third kappa shape index (κ3) is 3.81. The third-order valence-corrected chi connectivity index (χ3v) is 2.16. The minimum absolute atomic E-state index is 0.225. The lowest BCUT2D eigenvalue weighted by Crippen LogP contribution is -2.22. The van der Waals surface area contributed by atoms with Crippen LogP contribution < -0.4 is 0 Å². The van der Waals surface area contributed by atoms with Gasteiger partial charge in [-0.2, -0.15) is 0 Å². The number of pyridine rings is 1. The topological polar surface area (TPSA) is 42.4 Å². The van der Waals surface area contributed by atoms with E-state index in [1.54, 1.807) is 25.5 Å². The van der Waals surface area contributed by atoms with Crippen LogP contribution in [0.25, 0.3) is 6.08 Å². The monoisotopic (exact) mass is 270 g/mol. The molecule has 0 spiro atoms. The zero-order valence-electron chi connectivity index (χ0n) is 8.48. The number of carbonyl (C=O) groups excluding carboxylic acids is 1. The predicted octanol–water partition coefficient (Wildman–Crippen LogP) is 1.88. The summed E-state index contributed by atoms with van der Waals surface area (Å²) in [5.41, 5.74) is 0.849. The number of amides is 1. The molecular formula is C10H11BrN2O2. The van der Waals surface area contributed by atoms with Crippen molar-refractivity contribution in [2.24, 2.45) is 0 Å². The molecule has 5 heteroatoms. The first-order chi connectivity index (χ1) is 7.13. The second-order valence-corrected chi connectivity index (χ2v) is 3.70. The molecule has 1 rings (SSSR count). The van der Waals surface area contributed by atoms with E-state index in [1.807, 2.05) is 6.07 Å². The quantitative estimate of drug-likeness (QED) is 0.622. The second-order valence-electron chi connectivity index (χ2n) is 2.79. The third-order valence-electron chi connectivity index (χ3n) is 1.73. The first-order valence-electron chi connectivity index (χ1n) is 4.24. The van der Waals surface area contributed by atoms with Gasteiger partial charge in [0.15, 0.2) is 0 Å². The molecule has 0 unspecified atom stereocenters. The average Bonchev–Trinajstić information content (AvgIpc) is 2.25. The van der Waals surface area contributed by atoms with Crippen molar-refractivity contribution in [3.8, 4) is 0 Å². The zero-order chi connectivity index (χ0) is 11.3. The number of hydrogen-bond acceptors (Lipinski definition) is 3. The van der Waals surface area contributed by atoms with Gasteiger partial charge in [-0.1, -0.05) is 0 Å². The SMILES string of the molecule is CON(C)C(=O)C=Cc1cncc(Br)c1. The molecule has 1 amide bonds. The molecule has 0 bridgehead atoms. The highest BCUT2D eigenvalue weighted by atomic mass is 79.9. The molecule has 0 aliphatic carbocycles. The summed E-state index contributed by atoms with van der Waals surface area (Å²) in [4.78, 5) is 20.0. The maximum Gasteiger partial charge on any atom is 0.269 e. The molecule has 0 saturated carbocycles. The van der Waals surface area contributed by atoms with Crippen LogP contribution in [0, 0.1) is 0 Å². The second kappa shape index (κ2) is 5.63. The van der Waals surface area contributed by atoms with E-state index in [2.05, 4.69) is 20.9 Å². The van der Waals surface area contributed by atoms with E-state index in [0.717, 1.165) is 15.1 Å². The van der Waals surface area contributed by atoms with Crippen molar-refractivity contribution in [2.45, 2.75) is 0 Å². The van der Waals surface area contributed by atoms with Crippen LogP contribution in [0.15, 0.2) is 29.0 Å². The summed E-state index contributed by atoms with van der Waals surface area (Å²) >= 11 is 3.30. The lowest BCUT2D eigenvalue weighted by Gasteiger charge is -2.09. The normalized spacial score (nSPS) is 10.6. The number of nitrogens with zero attached hydrogens (tertiary/aromatic N) is 2. The van der Waals surface area contributed by atoms with Gasteiger partial charge in [0.2, 0.25) is 0 Å². The first kappa shape index (κ1) is 11.9. The maximum absolute atomic E-state index is 11.3. The van der Waals surface area contributed by atoms with Gasteiger partial charge in [-0.15, -0.1) is 0 Å². The maximum atomic E-state index is 11.3. The summed E-state index contributed by atoms with van der Waals surface area (Å²) in [7, 11) is 2.98. The number of halogens is 1. The number of likely N-dealkylation sites (N-methyl/N-ethyl adjacent to an activating group) is 1. The highest BCUT2D eigenvalue weighted by Gasteiger charge is 2.01. The Kier molecular flexibility index (Phi) is 4.45. The zero-order valence-corrected chi connectivity index (χ0v) is 10.1. The number of hydroxylamine groups is 2. The summed E-state index contributed by atoms with van der Waals surface area (Å²) in [5, 5.41) is 1.14. The molecule has 1 aromatic heterocycles. The van der Waals surface area contributed by atoms with E-state index in [0.29, 0.717) is 0 Å². The molecule has 0 aromatic carbocycles. The minimum Gasteiger partial charge on any atom is -0.274 e. The van der Waals surface area contributed by atoms with Gasteiger partial charge in [0, 0.05) is 30.0 Å². The molecule has 0 aliphatic heterocycles. The summed E-state index contributed by atoms with van der Waals surface area (Å²) in [6.07, 6.45) is 6.45. The fraction of sp³-hybridized carbons (Fsp3) is 0.200. The smallest absolute Gasteiger partial charge is 0.269 e. The lowest BCUT2D eigenvalue weighted by molar-refractivity contribution is -0.162. The highest BCUT2D eigenvalue weighted by molar-refractivity contribution is 9.10. The van der Waals surface area contributed by atoms with Gasteiger partial charge < -0.3 is 0 Å². The van der Waals surface area contributed by atoms with Gasteiger partial charge in [0.25, 0.3) is 5.91 Å². The Bertz CT molecular complexity index is 379. The van der Waals surface area contributed by atoms with Crippen LogP contribution in [-0.2, 0) is 9.63 Å². The largest absolute Gasteiger partial charge is 0.274 e. The molecule has 0 radical (unpaired) electrons. The number of rotatable bonds is 3. The molecule has 0 saturated heterocycles. The van der Waals surface area contributed by atoms with Crippen molar-refractivity contribution < 1.29 is 9.63 Å². The minimum atomic E-state index is -0.225. The summed E-state index contributed by atoms with van der Waals surface area (Å²) in [5.74, 6) is -0.225. The molecule has 0 N–H and O–H groups in total. The number of hydrogen-bond donors (Lipinski definition) is 0. The number of aromatic nitrogens is 1. The standard InChI is InChI=1S/C10H11BrN2O2/c1-13(15-2)10(14)4-3-8-5-9(11)7-12-6-8/h3-7H,1-2H3. The molecule has 4 nitrogen and oxygen atoms in total. The average molecular weight is 271 g/mol. The Hall–Kier alpha value is -1.20. The predicted molar refractivity (Wildman–Crippen MR) is 60.8 cm³/mol. The Labute approximate surface area is 96.6 Å². The summed E-state index contributed by atoms with van der Waals surface area (Å²) in [6, 6.07) is 1.86. The Balaban J connectivity index is 2.69. The molecule has 0 aliphatic rings. The van der Waals surface area contributed by atoms with Gasteiger partial charge in [0.1, 0.15) is 0 Å². The highest BCUT2D eigenvalue weighted by Crippen LogP contribution is 2.10. The number of carbonyl (C=O) groups is 1. The Morgan fingerprint density at radius 2 is 2.33 bits per heavy atom. The molecule has 0 fully saturated rings. The molecule has 1 aromatic rings. The van der Waals surface area contributed by atoms with Crippen LogP contribution in [0.1, 0.15) is 5.56 Å². The van der Waals surface area contributed by atoms with E-state index in [1.165, 1.54) is 13.2 Å². The van der Waals surface area contributed by atoms with Crippen LogP contribution in [-0.4, -0.2) is 30.1 Å². The van der Waals surface area contributed by atoms with E-state index in [4.69, 9.17) is 4.84 Å².